The molecule has 0 fully saturated rings. The quantitative estimate of drug-likeness (QED) is 0.132. The van der Waals surface area contributed by atoms with Crippen molar-refractivity contribution in [2.24, 2.45) is 0 Å². The molecule has 0 aliphatic rings. The molecule has 1 unspecified atom stereocenters. The van der Waals surface area contributed by atoms with Gasteiger partial charge in [0.05, 0.1) is 5.25 Å². The lowest BCUT2D eigenvalue weighted by Gasteiger charge is -2.12. The summed E-state index contributed by atoms with van der Waals surface area (Å²) in [5, 5.41) is 1.68. The van der Waals surface area contributed by atoms with Crippen LogP contribution in [0.15, 0.2) is 36.4 Å². The van der Waals surface area contributed by atoms with Gasteiger partial charge < -0.3 is 4.57 Å². The van der Waals surface area contributed by atoms with E-state index in [0.29, 0.717) is 13.0 Å². The first kappa shape index (κ1) is 29.7. The van der Waals surface area contributed by atoms with Crippen LogP contribution < -0.4 is 0 Å². The summed E-state index contributed by atoms with van der Waals surface area (Å²) < 4.78 is 35.2. The van der Waals surface area contributed by atoms with Crippen molar-refractivity contribution in [2.75, 3.05) is 0 Å². The minimum Gasteiger partial charge on any atom is -0.340 e. The molecule has 4 nitrogen and oxygen atoms in total. The number of nitrogens with zero attached hydrogens (tertiary/aromatic N) is 1. The highest BCUT2D eigenvalue weighted by atomic mass is 32.2. The highest BCUT2D eigenvalue weighted by Gasteiger charge is 2.19. The van der Waals surface area contributed by atoms with Crippen molar-refractivity contribution in [1.82, 2.24) is 4.57 Å². The molecule has 206 valence electrons. The molecule has 0 spiro atoms. The van der Waals surface area contributed by atoms with E-state index in [2.05, 4.69) is 54.8 Å². The van der Waals surface area contributed by atoms with Crippen molar-refractivity contribution in [1.29, 1.82) is 0 Å². The van der Waals surface area contributed by atoms with Gasteiger partial charge in [-0.25, -0.2) is 0 Å². The van der Waals surface area contributed by atoms with Crippen molar-refractivity contribution < 1.29 is 13.0 Å². The van der Waals surface area contributed by atoms with E-state index in [-0.39, 0.29) is 0 Å². The first-order valence-electron chi connectivity index (χ1n) is 14.8. The monoisotopic (exact) mass is 527 g/mol. The molecule has 1 aromatic heterocycles. The Labute approximate surface area is 225 Å². The normalized spacial score (nSPS) is 13.1. The molecule has 1 N–H and O–H groups in total. The average Bonchev–Trinajstić information content (AvgIpc) is 3.18. The Morgan fingerprint density at radius 1 is 0.703 bits per heavy atom. The van der Waals surface area contributed by atoms with E-state index in [1.165, 1.54) is 110 Å². The molecule has 0 radical (unpaired) electrons. The molecule has 3 rings (SSSR count). The molecule has 37 heavy (non-hydrogen) atoms. The Morgan fingerprint density at radius 3 is 1.57 bits per heavy atom. The summed E-state index contributed by atoms with van der Waals surface area (Å²) in [4.78, 5) is 0. The standard InChI is InChI=1S/C32H49NO3S/c1-4-6-8-10-12-14-16-27-18-20-29-30-21-19-28(17-15-13-11-9-7-5-2)25-32(30)33(31(29)24-27)23-22-26(3)37(34,35)36/h18-21,24-26H,4-17,22-23H2,1-3H3,(H,34,35,36). The summed E-state index contributed by atoms with van der Waals surface area (Å²) in [6.07, 6.45) is 18.0. The number of hydrogen-bond donors (Lipinski definition) is 1. The van der Waals surface area contributed by atoms with E-state index < -0.39 is 15.4 Å². The largest absolute Gasteiger partial charge is 0.340 e. The lowest BCUT2D eigenvalue weighted by molar-refractivity contribution is 0.462. The SMILES string of the molecule is CCCCCCCCc1ccc2c3ccc(CCCCCCCC)cc3n(CCC(C)S(=O)(=O)O)c2c1. The number of rotatable bonds is 18. The van der Waals surface area contributed by atoms with Crippen LogP contribution in [-0.4, -0.2) is 22.8 Å². The zero-order valence-corrected chi connectivity index (χ0v) is 24.3. The third-order valence-electron chi connectivity index (χ3n) is 7.90. The van der Waals surface area contributed by atoms with Gasteiger partial charge in [-0.1, -0.05) is 102 Å². The van der Waals surface area contributed by atoms with Crippen molar-refractivity contribution in [3.63, 3.8) is 0 Å². The van der Waals surface area contributed by atoms with Gasteiger partial charge in [0, 0.05) is 28.4 Å². The van der Waals surface area contributed by atoms with Gasteiger partial charge in [-0.3, -0.25) is 4.55 Å². The van der Waals surface area contributed by atoms with Crippen LogP contribution in [0.2, 0.25) is 0 Å². The smallest absolute Gasteiger partial charge is 0.267 e. The molecular weight excluding hydrogens is 478 g/mol. The van der Waals surface area contributed by atoms with Crippen LogP contribution in [-0.2, 0) is 29.5 Å². The van der Waals surface area contributed by atoms with E-state index in [1.807, 2.05) is 0 Å². The van der Waals surface area contributed by atoms with E-state index in [0.717, 1.165) is 12.8 Å². The molecule has 0 saturated carbocycles. The van der Waals surface area contributed by atoms with Gasteiger partial charge in [0.1, 0.15) is 0 Å². The van der Waals surface area contributed by atoms with Crippen molar-refractivity contribution in [2.45, 2.75) is 129 Å². The number of benzene rings is 2. The zero-order valence-electron chi connectivity index (χ0n) is 23.5. The van der Waals surface area contributed by atoms with Crippen molar-refractivity contribution >= 4 is 31.9 Å². The second-order valence-electron chi connectivity index (χ2n) is 11.0. The van der Waals surface area contributed by atoms with Gasteiger partial charge in [-0.05, 0) is 62.3 Å². The van der Waals surface area contributed by atoms with Crippen LogP contribution in [0.4, 0.5) is 0 Å². The van der Waals surface area contributed by atoms with Crippen LogP contribution >= 0.6 is 0 Å². The van der Waals surface area contributed by atoms with Crippen LogP contribution in [0.3, 0.4) is 0 Å². The molecule has 0 amide bonds. The van der Waals surface area contributed by atoms with Crippen LogP contribution in [0, 0.1) is 0 Å². The summed E-state index contributed by atoms with van der Waals surface area (Å²) in [6, 6.07) is 13.7. The van der Waals surface area contributed by atoms with E-state index in [4.69, 9.17) is 0 Å². The minimum absolute atomic E-state index is 0.390. The van der Waals surface area contributed by atoms with Crippen molar-refractivity contribution in [3.05, 3.63) is 47.5 Å². The molecule has 2 aromatic carbocycles. The summed E-state index contributed by atoms with van der Waals surface area (Å²) in [5.41, 5.74) is 5.06. The van der Waals surface area contributed by atoms with Crippen LogP contribution in [0.1, 0.15) is 115 Å². The number of fused-ring (bicyclic) bond motifs is 3. The summed E-state index contributed by atoms with van der Waals surface area (Å²) >= 11 is 0. The van der Waals surface area contributed by atoms with Gasteiger partial charge in [-0.2, -0.15) is 8.42 Å². The molecule has 0 aliphatic heterocycles. The van der Waals surface area contributed by atoms with Gasteiger partial charge in [0.25, 0.3) is 10.1 Å². The summed E-state index contributed by atoms with van der Waals surface area (Å²) in [5.74, 6) is 0. The number of aromatic nitrogens is 1. The van der Waals surface area contributed by atoms with E-state index in [9.17, 15) is 13.0 Å². The molecule has 5 heteroatoms. The Morgan fingerprint density at radius 2 is 1.14 bits per heavy atom. The lowest BCUT2D eigenvalue weighted by Crippen LogP contribution is -2.18. The zero-order chi connectivity index (χ0) is 26.7. The van der Waals surface area contributed by atoms with E-state index >= 15 is 0 Å². The summed E-state index contributed by atoms with van der Waals surface area (Å²) in [7, 11) is -4.04. The predicted octanol–water partition coefficient (Wildman–Crippen LogP) is 9.27. The lowest BCUT2D eigenvalue weighted by atomic mass is 10.0. The van der Waals surface area contributed by atoms with Crippen molar-refractivity contribution in [3.8, 4) is 0 Å². The third-order valence-corrected chi connectivity index (χ3v) is 9.15. The van der Waals surface area contributed by atoms with Gasteiger partial charge in [-0.15, -0.1) is 0 Å². The second kappa shape index (κ2) is 14.9. The highest BCUT2D eigenvalue weighted by molar-refractivity contribution is 7.86. The fourth-order valence-electron chi connectivity index (χ4n) is 5.42. The topological polar surface area (TPSA) is 59.3 Å². The van der Waals surface area contributed by atoms with Gasteiger partial charge in [0.15, 0.2) is 0 Å². The Kier molecular flexibility index (Phi) is 12.0. The first-order valence-corrected chi connectivity index (χ1v) is 16.4. The molecule has 1 heterocycles. The Hall–Kier alpha value is -1.85. The molecular formula is C32H49NO3S. The van der Waals surface area contributed by atoms with Crippen LogP contribution in [0.5, 0.6) is 0 Å². The molecule has 0 saturated heterocycles. The maximum atomic E-state index is 11.7. The maximum absolute atomic E-state index is 11.7. The van der Waals surface area contributed by atoms with Gasteiger partial charge in [0.2, 0.25) is 0 Å². The van der Waals surface area contributed by atoms with Crippen LogP contribution in [0.25, 0.3) is 21.8 Å². The summed E-state index contributed by atoms with van der Waals surface area (Å²) in [6.45, 7) is 6.67. The van der Waals surface area contributed by atoms with E-state index in [1.54, 1.807) is 6.92 Å². The maximum Gasteiger partial charge on any atom is 0.267 e. The van der Waals surface area contributed by atoms with Gasteiger partial charge >= 0.3 is 0 Å². The molecule has 3 aromatic rings. The predicted molar refractivity (Wildman–Crippen MR) is 159 cm³/mol. The number of aryl methyl sites for hydroxylation is 3. The molecule has 0 aliphatic carbocycles. The number of hydrogen-bond acceptors (Lipinski definition) is 2. The fraction of sp³-hybridized carbons (Fsp3) is 0.625. The highest BCUT2D eigenvalue weighted by Crippen LogP contribution is 2.32. The minimum atomic E-state index is -4.04. The second-order valence-corrected chi connectivity index (χ2v) is 12.8. The molecule has 1 atom stereocenters. The third kappa shape index (κ3) is 8.85. The Balaban J connectivity index is 1.82. The fourth-order valence-corrected chi connectivity index (χ4v) is 5.82. The molecule has 0 bridgehead atoms. The average molecular weight is 528 g/mol. The first-order chi connectivity index (χ1) is 17.8. The number of unbranched alkanes of at least 4 members (excludes halogenated alkanes) is 10. The Bertz CT molecular complexity index is 1140.